The lowest BCUT2D eigenvalue weighted by Gasteiger charge is -2.29. The van der Waals surface area contributed by atoms with Gasteiger partial charge in [0.25, 0.3) is 0 Å². The number of nitrogens with zero attached hydrogens (tertiary/aromatic N) is 2. The number of hydrogen-bond acceptors (Lipinski definition) is 4. The van der Waals surface area contributed by atoms with Gasteiger partial charge in [-0.2, -0.15) is 0 Å². The number of nitrogens with two attached hydrogens (primary N) is 1. The number of hydrogen-bond donors (Lipinski definition) is 1. The van der Waals surface area contributed by atoms with Crippen LogP contribution in [0.2, 0.25) is 0 Å². The summed E-state index contributed by atoms with van der Waals surface area (Å²) in [5.74, 6) is 6.78. The summed E-state index contributed by atoms with van der Waals surface area (Å²) < 4.78 is 5.65. The molecule has 1 aliphatic carbocycles. The van der Waals surface area contributed by atoms with Crippen LogP contribution in [0.3, 0.4) is 0 Å². The number of rotatable bonds is 11. The summed E-state index contributed by atoms with van der Waals surface area (Å²) in [5.41, 5.74) is 0. The lowest BCUT2D eigenvalue weighted by Crippen LogP contribution is -2.37. The molecule has 1 rings (SSSR count). The lowest BCUT2D eigenvalue weighted by molar-refractivity contribution is 0.203. The largest absolute Gasteiger partial charge is 0.494 e. The van der Waals surface area contributed by atoms with E-state index in [1.54, 1.807) is 0 Å². The maximum absolute atomic E-state index is 6.08. The first-order valence-corrected chi connectivity index (χ1v) is 8.92. The Hall–Kier alpha value is -1.00. The molecule has 0 aromatic carbocycles. The van der Waals surface area contributed by atoms with Gasteiger partial charge >= 0.3 is 0 Å². The normalized spacial score (nSPS) is 16.4. The molecule has 4 heteroatoms. The molecule has 0 spiro atoms. The van der Waals surface area contributed by atoms with E-state index in [1.165, 1.54) is 38.5 Å². The van der Waals surface area contributed by atoms with Gasteiger partial charge in [-0.25, -0.2) is 5.84 Å². The molecule has 1 fully saturated rings. The minimum Gasteiger partial charge on any atom is -0.494 e. The van der Waals surface area contributed by atoms with Crippen LogP contribution >= 0.6 is 0 Å². The lowest BCUT2D eigenvalue weighted by atomic mass is 9.95. The second kappa shape index (κ2) is 11.6. The molecule has 0 bridgehead atoms. The van der Waals surface area contributed by atoms with Crippen LogP contribution in [0.1, 0.15) is 58.8 Å². The van der Waals surface area contributed by atoms with E-state index in [4.69, 9.17) is 10.6 Å². The standard InChI is InChI=1S/C18H35N3O/c1-4-20(5-2)14-9-10-16-22-17(3)13-15-21(19)18-11-7-6-8-12-18/h13,15,18H,3-12,14,16,19H2,1-2H3/b15-13-. The van der Waals surface area contributed by atoms with Gasteiger partial charge in [0.1, 0.15) is 5.76 Å². The van der Waals surface area contributed by atoms with Crippen LogP contribution in [0.5, 0.6) is 0 Å². The quantitative estimate of drug-likeness (QED) is 0.208. The van der Waals surface area contributed by atoms with E-state index in [0.717, 1.165) is 32.7 Å². The summed E-state index contributed by atoms with van der Waals surface area (Å²) in [6.45, 7) is 12.5. The average Bonchev–Trinajstić information content (AvgIpc) is 2.56. The van der Waals surface area contributed by atoms with E-state index >= 15 is 0 Å². The molecular formula is C18H35N3O. The minimum absolute atomic E-state index is 0.479. The topological polar surface area (TPSA) is 41.7 Å². The number of ether oxygens (including phenoxy) is 1. The third-order valence-corrected chi connectivity index (χ3v) is 4.48. The maximum atomic E-state index is 6.08. The Bertz CT molecular complexity index is 320. The van der Waals surface area contributed by atoms with Gasteiger partial charge in [-0.1, -0.05) is 39.7 Å². The summed E-state index contributed by atoms with van der Waals surface area (Å²) in [7, 11) is 0. The summed E-state index contributed by atoms with van der Waals surface area (Å²) in [4.78, 5) is 2.44. The summed E-state index contributed by atoms with van der Waals surface area (Å²) >= 11 is 0. The highest BCUT2D eigenvalue weighted by atomic mass is 16.5. The predicted octanol–water partition coefficient (Wildman–Crippen LogP) is 3.66. The van der Waals surface area contributed by atoms with Crippen LogP contribution in [0.4, 0.5) is 0 Å². The fraction of sp³-hybridized carbons (Fsp3) is 0.778. The second-order valence-corrected chi connectivity index (χ2v) is 6.10. The highest BCUT2D eigenvalue weighted by molar-refractivity contribution is 5.06. The highest BCUT2D eigenvalue weighted by Crippen LogP contribution is 2.20. The molecule has 0 unspecified atom stereocenters. The molecule has 22 heavy (non-hydrogen) atoms. The minimum atomic E-state index is 0.479. The highest BCUT2D eigenvalue weighted by Gasteiger charge is 2.15. The van der Waals surface area contributed by atoms with E-state index in [-0.39, 0.29) is 0 Å². The van der Waals surface area contributed by atoms with E-state index in [1.807, 2.05) is 17.3 Å². The fourth-order valence-corrected chi connectivity index (χ4v) is 2.90. The number of allylic oxidation sites excluding steroid dienone is 1. The molecule has 0 radical (unpaired) electrons. The molecule has 0 aromatic rings. The van der Waals surface area contributed by atoms with Gasteiger partial charge in [0, 0.05) is 12.2 Å². The zero-order valence-corrected chi connectivity index (χ0v) is 14.6. The van der Waals surface area contributed by atoms with E-state index < -0.39 is 0 Å². The van der Waals surface area contributed by atoms with Gasteiger partial charge in [0.2, 0.25) is 0 Å². The van der Waals surface area contributed by atoms with Crippen LogP contribution in [-0.4, -0.2) is 42.2 Å². The zero-order valence-electron chi connectivity index (χ0n) is 14.6. The van der Waals surface area contributed by atoms with Crippen LogP contribution in [0.15, 0.2) is 24.6 Å². The maximum Gasteiger partial charge on any atom is 0.113 e. The van der Waals surface area contributed by atoms with Crippen LogP contribution in [-0.2, 0) is 4.74 Å². The van der Waals surface area contributed by atoms with Crippen molar-refractivity contribution in [3.63, 3.8) is 0 Å². The first-order valence-electron chi connectivity index (χ1n) is 8.92. The van der Waals surface area contributed by atoms with Crippen molar-refractivity contribution < 1.29 is 4.74 Å². The SMILES string of the molecule is C=C(/C=C\N(N)C1CCCCC1)OCCCCN(CC)CC. The Labute approximate surface area is 137 Å². The zero-order chi connectivity index (χ0) is 16.2. The molecule has 128 valence electrons. The van der Waals surface area contributed by atoms with E-state index in [2.05, 4.69) is 25.3 Å². The van der Waals surface area contributed by atoms with Crippen LogP contribution in [0.25, 0.3) is 0 Å². The molecule has 0 amide bonds. The molecule has 4 nitrogen and oxygen atoms in total. The first-order chi connectivity index (χ1) is 10.7. The second-order valence-electron chi connectivity index (χ2n) is 6.10. The molecule has 0 aromatic heterocycles. The number of hydrazine groups is 1. The van der Waals surface area contributed by atoms with Gasteiger partial charge in [-0.05, 0) is 51.4 Å². The average molecular weight is 309 g/mol. The summed E-state index contributed by atoms with van der Waals surface area (Å²) in [6.07, 6.45) is 12.3. The smallest absolute Gasteiger partial charge is 0.113 e. The van der Waals surface area contributed by atoms with Crippen molar-refractivity contribution in [3.8, 4) is 0 Å². The Kier molecular flexibility index (Phi) is 10.0. The Morgan fingerprint density at radius 1 is 1.18 bits per heavy atom. The molecule has 0 aliphatic heterocycles. The predicted molar refractivity (Wildman–Crippen MR) is 94.2 cm³/mol. The molecule has 2 N–H and O–H groups in total. The van der Waals surface area contributed by atoms with Crippen LogP contribution < -0.4 is 5.84 Å². The summed E-state index contributed by atoms with van der Waals surface area (Å²) in [6, 6.07) is 0.479. The van der Waals surface area contributed by atoms with Gasteiger partial charge < -0.3 is 14.6 Å². The van der Waals surface area contributed by atoms with Crippen molar-refractivity contribution in [2.45, 2.75) is 64.8 Å². The third-order valence-electron chi connectivity index (χ3n) is 4.48. The molecule has 1 aliphatic rings. The molecular weight excluding hydrogens is 274 g/mol. The van der Waals surface area contributed by atoms with Crippen molar-refractivity contribution >= 4 is 0 Å². The Balaban J connectivity index is 2.10. The van der Waals surface area contributed by atoms with Gasteiger partial charge in [0.05, 0.1) is 6.61 Å². The third kappa shape index (κ3) is 7.85. The van der Waals surface area contributed by atoms with Gasteiger partial charge in [0.15, 0.2) is 0 Å². The van der Waals surface area contributed by atoms with Crippen molar-refractivity contribution in [1.29, 1.82) is 0 Å². The summed E-state index contributed by atoms with van der Waals surface area (Å²) in [5, 5.41) is 1.83. The van der Waals surface area contributed by atoms with E-state index in [9.17, 15) is 0 Å². The molecule has 0 saturated heterocycles. The molecule has 1 saturated carbocycles. The Morgan fingerprint density at radius 3 is 2.50 bits per heavy atom. The van der Waals surface area contributed by atoms with Crippen molar-refractivity contribution in [2.24, 2.45) is 5.84 Å². The molecule has 0 atom stereocenters. The van der Waals surface area contributed by atoms with Crippen molar-refractivity contribution in [2.75, 3.05) is 26.2 Å². The van der Waals surface area contributed by atoms with E-state index in [0.29, 0.717) is 11.8 Å². The fourth-order valence-electron chi connectivity index (χ4n) is 2.90. The molecule has 0 heterocycles. The van der Waals surface area contributed by atoms with Gasteiger partial charge in [-0.15, -0.1) is 0 Å². The van der Waals surface area contributed by atoms with Gasteiger partial charge in [-0.3, -0.25) is 0 Å². The monoisotopic (exact) mass is 309 g/mol. The van der Waals surface area contributed by atoms with Crippen LogP contribution in [0, 0.1) is 0 Å². The van der Waals surface area contributed by atoms with Crippen molar-refractivity contribution in [1.82, 2.24) is 9.91 Å². The first kappa shape index (κ1) is 19.0. The number of unbranched alkanes of at least 4 members (excludes halogenated alkanes) is 1. The Morgan fingerprint density at radius 2 is 1.86 bits per heavy atom. The van der Waals surface area contributed by atoms with Crippen molar-refractivity contribution in [3.05, 3.63) is 24.6 Å².